The summed E-state index contributed by atoms with van der Waals surface area (Å²) in [5.74, 6) is 0.804. The Bertz CT molecular complexity index is 863. The van der Waals surface area contributed by atoms with Gasteiger partial charge in [0.1, 0.15) is 0 Å². The highest BCUT2D eigenvalue weighted by molar-refractivity contribution is 6.05. The third-order valence-corrected chi connectivity index (χ3v) is 6.70. The fraction of sp³-hybridized carbons (Fsp3) is 0.591. The highest BCUT2D eigenvalue weighted by Crippen LogP contribution is 2.25. The van der Waals surface area contributed by atoms with Crippen LogP contribution in [0.3, 0.4) is 0 Å². The smallest absolute Gasteiger partial charge is 0.256 e. The number of piperidine rings is 2. The minimum atomic E-state index is 0.0455. The van der Waals surface area contributed by atoms with Crippen LogP contribution < -0.4 is 5.32 Å². The lowest BCUT2D eigenvalue weighted by molar-refractivity contribution is -0.127. The van der Waals surface area contributed by atoms with Crippen LogP contribution in [0.1, 0.15) is 43.0 Å². The van der Waals surface area contributed by atoms with E-state index in [0.717, 1.165) is 62.8 Å². The molecule has 1 atom stereocenters. The van der Waals surface area contributed by atoms with Crippen molar-refractivity contribution in [3.63, 3.8) is 0 Å². The first kappa shape index (κ1) is 19.9. The number of nitrogens with one attached hydrogen (secondary N) is 2. The van der Waals surface area contributed by atoms with Gasteiger partial charge in [-0.3, -0.25) is 14.6 Å². The maximum Gasteiger partial charge on any atom is 0.256 e. The summed E-state index contributed by atoms with van der Waals surface area (Å²) in [4.78, 5) is 37.1. The van der Waals surface area contributed by atoms with Gasteiger partial charge in [0, 0.05) is 42.8 Å². The molecule has 4 heterocycles. The van der Waals surface area contributed by atoms with Crippen LogP contribution in [0.5, 0.6) is 0 Å². The van der Waals surface area contributed by atoms with E-state index in [1.165, 1.54) is 0 Å². The first-order valence-electron chi connectivity index (χ1n) is 10.7. The van der Waals surface area contributed by atoms with Crippen LogP contribution in [0.2, 0.25) is 0 Å². The number of likely N-dealkylation sites (tertiary alicyclic amines) is 2. The summed E-state index contributed by atoms with van der Waals surface area (Å²) in [6.45, 7) is 5.54. The summed E-state index contributed by atoms with van der Waals surface area (Å²) in [6.07, 6.45) is 8.96. The summed E-state index contributed by atoms with van der Waals surface area (Å²) in [7, 11) is 2.11. The fourth-order valence-electron chi connectivity index (χ4n) is 4.65. The van der Waals surface area contributed by atoms with E-state index in [0.29, 0.717) is 11.5 Å². The zero-order chi connectivity index (χ0) is 20.4. The molecule has 2 aromatic rings. The Labute approximate surface area is 171 Å². The van der Waals surface area contributed by atoms with Gasteiger partial charge in [0.2, 0.25) is 5.91 Å². The van der Waals surface area contributed by atoms with Crippen molar-refractivity contribution in [3.8, 4) is 0 Å². The molecule has 2 amide bonds. The van der Waals surface area contributed by atoms with Crippen molar-refractivity contribution in [2.45, 2.75) is 38.6 Å². The molecule has 29 heavy (non-hydrogen) atoms. The molecule has 7 nitrogen and oxygen atoms in total. The van der Waals surface area contributed by atoms with Crippen molar-refractivity contribution in [1.29, 1.82) is 0 Å². The van der Waals surface area contributed by atoms with Crippen LogP contribution in [0, 0.1) is 11.8 Å². The molecule has 2 saturated heterocycles. The lowest BCUT2D eigenvalue weighted by atomic mass is 9.89. The molecule has 2 aliphatic heterocycles. The van der Waals surface area contributed by atoms with Crippen molar-refractivity contribution >= 4 is 22.7 Å². The van der Waals surface area contributed by atoms with Crippen LogP contribution in [-0.4, -0.2) is 70.9 Å². The van der Waals surface area contributed by atoms with E-state index in [1.54, 1.807) is 12.4 Å². The predicted octanol–water partition coefficient (Wildman–Crippen LogP) is 2.26. The summed E-state index contributed by atoms with van der Waals surface area (Å²) in [5, 5.41) is 4.18. The normalized spacial score (nSPS) is 20.7. The molecule has 0 aromatic carbocycles. The van der Waals surface area contributed by atoms with Gasteiger partial charge in [0.05, 0.1) is 17.3 Å². The van der Waals surface area contributed by atoms with E-state index >= 15 is 0 Å². The van der Waals surface area contributed by atoms with Gasteiger partial charge >= 0.3 is 0 Å². The second-order valence-electron chi connectivity index (χ2n) is 8.63. The van der Waals surface area contributed by atoms with Crippen LogP contribution in [0.25, 0.3) is 10.9 Å². The number of pyridine rings is 1. The SMILES string of the molecule is C[C@H](NC(=O)C1CCN(C)CC1)C1CCN(C(=O)c2cncc3[nH]ccc23)CC1. The zero-order valence-corrected chi connectivity index (χ0v) is 17.4. The van der Waals surface area contributed by atoms with Gasteiger partial charge in [-0.25, -0.2) is 0 Å². The van der Waals surface area contributed by atoms with Gasteiger partial charge < -0.3 is 20.1 Å². The Kier molecular flexibility index (Phi) is 5.85. The van der Waals surface area contributed by atoms with Crippen LogP contribution in [0.4, 0.5) is 0 Å². The number of aromatic amines is 1. The molecule has 0 spiro atoms. The minimum Gasteiger partial charge on any atom is -0.360 e. The molecule has 0 saturated carbocycles. The molecule has 4 rings (SSSR count). The lowest BCUT2D eigenvalue weighted by Crippen LogP contribution is -2.48. The summed E-state index contributed by atoms with van der Waals surface area (Å²) in [5.41, 5.74) is 1.54. The van der Waals surface area contributed by atoms with Gasteiger partial charge in [-0.05, 0) is 64.7 Å². The van der Waals surface area contributed by atoms with E-state index in [9.17, 15) is 9.59 Å². The van der Waals surface area contributed by atoms with Gasteiger partial charge in [0.25, 0.3) is 5.91 Å². The molecule has 2 aromatic heterocycles. The molecular formula is C22H31N5O2. The molecule has 2 aliphatic rings. The molecule has 156 valence electrons. The van der Waals surface area contributed by atoms with Gasteiger partial charge in [-0.1, -0.05) is 0 Å². The number of amides is 2. The minimum absolute atomic E-state index is 0.0455. The largest absolute Gasteiger partial charge is 0.360 e. The highest BCUT2D eigenvalue weighted by Gasteiger charge is 2.30. The van der Waals surface area contributed by atoms with E-state index in [2.05, 4.69) is 34.2 Å². The fourth-order valence-corrected chi connectivity index (χ4v) is 4.65. The molecular weight excluding hydrogens is 366 g/mol. The van der Waals surface area contributed by atoms with E-state index in [-0.39, 0.29) is 23.8 Å². The van der Waals surface area contributed by atoms with Crippen LogP contribution >= 0.6 is 0 Å². The number of carbonyl (C=O) groups excluding carboxylic acids is 2. The molecule has 0 unspecified atom stereocenters. The second-order valence-corrected chi connectivity index (χ2v) is 8.63. The highest BCUT2D eigenvalue weighted by atomic mass is 16.2. The topological polar surface area (TPSA) is 81.3 Å². The Morgan fingerprint density at radius 2 is 1.86 bits per heavy atom. The first-order chi connectivity index (χ1) is 14.0. The molecule has 0 bridgehead atoms. The average molecular weight is 398 g/mol. The van der Waals surface area contributed by atoms with Crippen molar-refractivity contribution < 1.29 is 9.59 Å². The summed E-state index contributed by atoms with van der Waals surface area (Å²) < 4.78 is 0. The average Bonchev–Trinajstić information content (AvgIpc) is 3.22. The molecule has 2 N–H and O–H groups in total. The van der Waals surface area contributed by atoms with Crippen LogP contribution in [0.15, 0.2) is 24.7 Å². The second kappa shape index (κ2) is 8.53. The molecule has 0 radical (unpaired) electrons. The summed E-state index contributed by atoms with van der Waals surface area (Å²) >= 11 is 0. The number of hydrogen-bond donors (Lipinski definition) is 2. The van der Waals surface area contributed by atoms with Crippen molar-refractivity contribution in [2.75, 3.05) is 33.2 Å². The maximum absolute atomic E-state index is 13.0. The van der Waals surface area contributed by atoms with Crippen molar-refractivity contribution in [2.24, 2.45) is 11.8 Å². The predicted molar refractivity (Wildman–Crippen MR) is 113 cm³/mol. The first-order valence-corrected chi connectivity index (χ1v) is 10.7. The Morgan fingerprint density at radius 1 is 1.14 bits per heavy atom. The number of aromatic nitrogens is 2. The van der Waals surface area contributed by atoms with E-state index in [4.69, 9.17) is 0 Å². The zero-order valence-electron chi connectivity index (χ0n) is 17.4. The Morgan fingerprint density at radius 3 is 2.59 bits per heavy atom. The maximum atomic E-state index is 13.0. The molecule has 2 fully saturated rings. The monoisotopic (exact) mass is 397 g/mol. The lowest BCUT2D eigenvalue weighted by Gasteiger charge is -2.36. The van der Waals surface area contributed by atoms with Gasteiger partial charge in [-0.2, -0.15) is 0 Å². The van der Waals surface area contributed by atoms with Gasteiger partial charge in [0.15, 0.2) is 0 Å². The number of carbonyl (C=O) groups is 2. The van der Waals surface area contributed by atoms with E-state index < -0.39 is 0 Å². The molecule has 0 aliphatic carbocycles. The third kappa shape index (κ3) is 4.29. The number of hydrogen-bond acceptors (Lipinski definition) is 4. The quantitative estimate of drug-likeness (QED) is 0.829. The van der Waals surface area contributed by atoms with E-state index in [1.807, 2.05) is 17.2 Å². The third-order valence-electron chi connectivity index (χ3n) is 6.70. The number of nitrogens with zero attached hydrogens (tertiary/aromatic N) is 3. The Hall–Kier alpha value is -2.41. The standard InChI is InChI=1S/C22H31N5O2/c1-15(25-21(28)17-4-9-26(2)10-5-17)16-6-11-27(12-7-16)22(29)19-13-23-14-20-18(19)3-8-24-20/h3,8,13-17,24H,4-7,9-12H2,1-2H3,(H,25,28)/t15-/m0/s1. The number of H-pyrrole nitrogens is 1. The molecule has 7 heteroatoms. The Balaban J connectivity index is 1.30. The van der Waals surface area contributed by atoms with Crippen LogP contribution in [-0.2, 0) is 4.79 Å². The summed E-state index contributed by atoms with van der Waals surface area (Å²) in [6, 6.07) is 2.08. The number of rotatable bonds is 4. The van der Waals surface area contributed by atoms with Crippen molar-refractivity contribution in [3.05, 3.63) is 30.2 Å². The van der Waals surface area contributed by atoms with Crippen molar-refractivity contribution in [1.82, 2.24) is 25.1 Å². The number of fused-ring (bicyclic) bond motifs is 1. The van der Waals surface area contributed by atoms with Gasteiger partial charge in [-0.15, -0.1) is 0 Å².